The van der Waals surface area contributed by atoms with Gasteiger partial charge >= 0.3 is 0 Å². The van der Waals surface area contributed by atoms with Crippen LogP contribution in [-0.2, 0) is 4.79 Å². The van der Waals surface area contributed by atoms with Crippen LogP contribution in [0.15, 0.2) is 48.5 Å². The van der Waals surface area contributed by atoms with E-state index in [1.54, 1.807) is 18.2 Å². The molecule has 0 saturated heterocycles. The third kappa shape index (κ3) is 5.22. The van der Waals surface area contributed by atoms with E-state index in [-0.39, 0.29) is 16.7 Å². The lowest BCUT2D eigenvalue weighted by molar-refractivity contribution is -0.384. The van der Waals surface area contributed by atoms with Crippen LogP contribution in [0.4, 0.5) is 11.4 Å². The largest absolute Gasteiger partial charge is 0.332 e. The van der Waals surface area contributed by atoms with Crippen LogP contribution in [0.2, 0.25) is 0 Å². The van der Waals surface area contributed by atoms with E-state index in [1.165, 1.54) is 18.2 Å². The molecule has 0 unspecified atom stereocenters. The molecule has 0 saturated carbocycles. The van der Waals surface area contributed by atoms with Gasteiger partial charge in [0.2, 0.25) is 5.91 Å². The molecule has 0 aromatic heterocycles. The summed E-state index contributed by atoms with van der Waals surface area (Å²) in [5.41, 5.74) is 3.69. The Morgan fingerprint density at radius 2 is 1.84 bits per heavy atom. The van der Waals surface area contributed by atoms with E-state index in [0.717, 1.165) is 16.8 Å². The number of non-ortho nitro benzene ring substituents is 1. The van der Waals surface area contributed by atoms with E-state index in [4.69, 9.17) is 12.2 Å². The van der Waals surface area contributed by atoms with E-state index >= 15 is 0 Å². The summed E-state index contributed by atoms with van der Waals surface area (Å²) < 4.78 is 0. The first-order chi connectivity index (χ1) is 11.9. The molecule has 0 aliphatic rings. The van der Waals surface area contributed by atoms with Crippen LogP contribution in [0.5, 0.6) is 0 Å². The van der Waals surface area contributed by atoms with E-state index in [1.807, 2.05) is 32.0 Å². The number of thiocarbonyl (C=S) groups is 1. The van der Waals surface area contributed by atoms with Gasteiger partial charge in [-0.1, -0.05) is 12.1 Å². The summed E-state index contributed by atoms with van der Waals surface area (Å²) in [5.74, 6) is -0.388. The standard InChI is InChI=1S/C18H17N3O3S/c1-12-4-3-5-16(13(12)2)19-18(25)20-17(22)11-8-14-6-9-15(10-7-14)21(23)24/h3-11H,1-2H3,(H2,19,20,22,25)/b11-8+. The van der Waals surface area contributed by atoms with Crippen molar-refractivity contribution in [3.05, 3.63) is 75.3 Å². The van der Waals surface area contributed by atoms with Gasteiger partial charge < -0.3 is 5.32 Å². The van der Waals surface area contributed by atoms with Crippen molar-refractivity contribution in [2.45, 2.75) is 13.8 Å². The molecule has 6 nitrogen and oxygen atoms in total. The number of rotatable bonds is 4. The molecule has 0 aliphatic heterocycles. The molecule has 128 valence electrons. The predicted octanol–water partition coefficient (Wildman–Crippen LogP) is 3.74. The minimum atomic E-state index is -0.475. The van der Waals surface area contributed by atoms with Crippen molar-refractivity contribution in [3.8, 4) is 0 Å². The number of hydrogen-bond donors (Lipinski definition) is 2. The Labute approximate surface area is 150 Å². The van der Waals surface area contributed by atoms with Gasteiger partial charge in [0.05, 0.1) is 4.92 Å². The lowest BCUT2D eigenvalue weighted by Crippen LogP contribution is -2.33. The fraction of sp³-hybridized carbons (Fsp3) is 0.111. The van der Waals surface area contributed by atoms with Crippen LogP contribution in [0.1, 0.15) is 16.7 Å². The van der Waals surface area contributed by atoms with Gasteiger partial charge in [-0.3, -0.25) is 20.2 Å². The fourth-order valence-corrected chi connectivity index (χ4v) is 2.28. The first kappa shape index (κ1) is 18.3. The molecule has 0 aliphatic carbocycles. The highest BCUT2D eigenvalue weighted by atomic mass is 32.1. The number of nitro benzene ring substituents is 1. The lowest BCUT2D eigenvalue weighted by Gasteiger charge is -2.12. The van der Waals surface area contributed by atoms with Gasteiger partial charge in [0.1, 0.15) is 0 Å². The van der Waals surface area contributed by atoms with Crippen molar-refractivity contribution < 1.29 is 9.72 Å². The molecule has 2 aromatic carbocycles. The Balaban J connectivity index is 1.93. The SMILES string of the molecule is Cc1cccc(NC(=S)NC(=O)/C=C/c2ccc([N+](=O)[O-])cc2)c1C. The van der Waals surface area contributed by atoms with Gasteiger partial charge in [-0.05, 0) is 67.0 Å². The summed E-state index contributed by atoms with van der Waals surface area (Å²) in [5, 5.41) is 16.3. The average molecular weight is 355 g/mol. The van der Waals surface area contributed by atoms with Crippen LogP contribution in [0, 0.1) is 24.0 Å². The normalized spacial score (nSPS) is 10.5. The monoisotopic (exact) mass is 355 g/mol. The van der Waals surface area contributed by atoms with Gasteiger partial charge in [0, 0.05) is 23.9 Å². The minimum Gasteiger partial charge on any atom is -0.332 e. The summed E-state index contributed by atoms with van der Waals surface area (Å²) in [6.45, 7) is 3.96. The Kier molecular flexibility index (Phi) is 5.97. The second-order valence-electron chi connectivity index (χ2n) is 5.37. The molecule has 2 rings (SSSR count). The van der Waals surface area contributed by atoms with Crippen LogP contribution < -0.4 is 10.6 Å². The minimum absolute atomic E-state index is 0.000466. The number of nitrogens with one attached hydrogen (secondary N) is 2. The van der Waals surface area contributed by atoms with E-state index < -0.39 is 4.92 Å². The molecule has 1 amide bonds. The van der Waals surface area contributed by atoms with Crippen molar-refractivity contribution in [1.82, 2.24) is 5.32 Å². The van der Waals surface area contributed by atoms with Crippen molar-refractivity contribution in [2.24, 2.45) is 0 Å². The molecule has 2 N–H and O–H groups in total. The number of anilines is 1. The molecule has 0 bridgehead atoms. The summed E-state index contributed by atoms with van der Waals surface area (Å²) in [6.07, 6.45) is 2.87. The number of carbonyl (C=O) groups is 1. The smallest absolute Gasteiger partial charge is 0.269 e. The van der Waals surface area contributed by atoms with E-state index in [9.17, 15) is 14.9 Å². The van der Waals surface area contributed by atoms with Gasteiger partial charge in [0.15, 0.2) is 5.11 Å². The topological polar surface area (TPSA) is 84.3 Å². The maximum absolute atomic E-state index is 11.9. The predicted molar refractivity (Wildman–Crippen MR) is 102 cm³/mol. The molecule has 0 spiro atoms. The Morgan fingerprint density at radius 1 is 1.16 bits per heavy atom. The van der Waals surface area contributed by atoms with Gasteiger partial charge in [-0.15, -0.1) is 0 Å². The number of carbonyl (C=O) groups excluding carboxylic acids is 1. The number of nitro groups is 1. The van der Waals surface area contributed by atoms with Crippen LogP contribution in [0.25, 0.3) is 6.08 Å². The summed E-state index contributed by atoms with van der Waals surface area (Å²) in [7, 11) is 0. The van der Waals surface area contributed by atoms with Gasteiger partial charge in [-0.2, -0.15) is 0 Å². The Morgan fingerprint density at radius 3 is 2.48 bits per heavy atom. The van der Waals surface area contributed by atoms with Crippen LogP contribution >= 0.6 is 12.2 Å². The van der Waals surface area contributed by atoms with Crippen LogP contribution in [-0.4, -0.2) is 15.9 Å². The van der Waals surface area contributed by atoms with Gasteiger partial charge in [0.25, 0.3) is 5.69 Å². The summed E-state index contributed by atoms with van der Waals surface area (Å²) in [4.78, 5) is 22.0. The maximum Gasteiger partial charge on any atom is 0.269 e. The zero-order valence-corrected chi connectivity index (χ0v) is 14.6. The third-order valence-electron chi connectivity index (χ3n) is 3.62. The Bertz CT molecular complexity index is 845. The number of aryl methyl sites for hydroxylation is 1. The highest BCUT2D eigenvalue weighted by molar-refractivity contribution is 7.80. The second-order valence-corrected chi connectivity index (χ2v) is 5.78. The fourth-order valence-electron chi connectivity index (χ4n) is 2.07. The highest BCUT2D eigenvalue weighted by Gasteiger charge is 2.06. The first-order valence-corrected chi connectivity index (χ1v) is 7.88. The van der Waals surface area contributed by atoms with E-state index in [0.29, 0.717) is 5.56 Å². The quantitative estimate of drug-likeness (QED) is 0.378. The molecule has 0 heterocycles. The Hall–Kier alpha value is -3.06. The highest BCUT2D eigenvalue weighted by Crippen LogP contribution is 2.17. The number of hydrogen-bond acceptors (Lipinski definition) is 4. The zero-order chi connectivity index (χ0) is 18.4. The summed E-state index contributed by atoms with van der Waals surface area (Å²) >= 11 is 5.14. The lowest BCUT2D eigenvalue weighted by atomic mass is 10.1. The molecule has 7 heteroatoms. The number of amides is 1. The van der Waals surface area contributed by atoms with Crippen molar-refractivity contribution in [3.63, 3.8) is 0 Å². The zero-order valence-electron chi connectivity index (χ0n) is 13.8. The molecular weight excluding hydrogens is 338 g/mol. The molecule has 2 aromatic rings. The molecule has 0 fully saturated rings. The number of nitrogens with zero attached hydrogens (tertiary/aromatic N) is 1. The molecular formula is C18H17N3O3S. The van der Waals surface area contributed by atoms with Crippen LogP contribution in [0.3, 0.4) is 0 Å². The summed E-state index contributed by atoms with van der Waals surface area (Å²) in [6, 6.07) is 11.7. The van der Waals surface area contributed by atoms with Gasteiger partial charge in [-0.25, -0.2) is 0 Å². The third-order valence-corrected chi connectivity index (χ3v) is 3.82. The maximum atomic E-state index is 11.9. The van der Waals surface area contributed by atoms with E-state index in [2.05, 4.69) is 10.6 Å². The average Bonchev–Trinajstić information content (AvgIpc) is 2.57. The first-order valence-electron chi connectivity index (χ1n) is 7.47. The molecule has 25 heavy (non-hydrogen) atoms. The van der Waals surface area contributed by atoms with Crippen molar-refractivity contribution in [2.75, 3.05) is 5.32 Å². The van der Waals surface area contributed by atoms with Crippen molar-refractivity contribution in [1.29, 1.82) is 0 Å². The molecule has 0 radical (unpaired) electrons. The number of benzene rings is 2. The molecule has 0 atom stereocenters. The van der Waals surface area contributed by atoms with Crippen molar-refractivity contribution >= 4 is 40.7 Å². The second kappa shape index (κ2) is 8.16.